The topological polar surface area (TPSA) is 68.5 Å². The molecule has 0 bridgehead atoms. The second-order valence-corrected chi connectivity index (χ2v) is 8.07. The molecule has 1 aromatic heterocycles. The lowest BCUT2D eigenvalue weighted by Crippen LogP contribution is -2.15. The summed E-state index contributed by atoms with van der Waals surface area (Å²) in [5.74, 6) is -1.99. The molecular formula is C23H19Cl2NO4. The highest BCUT2D eigenvalue weighted by atomic mass is 35.5. The van der Waals surface area contributed by atoms with Gasteiger partial charge in [-0.1, -0.05) is 59.6 Å². The number of ether oxygens (including phenoxy) is 1. The Kier molecular flexibility index (Phi) is 5.84. The van der Waals surface area contributed by atoms with Gasteiger partial charge in [0, 0.05) is 12.2 Å². The molecule has 0 spiro atoms. The van der Waals surface area contributed by atoms with Gasteiger partial charge in [-0.05, 0) is 47.7 Å². The van der Waals surface area contributed by atoms with E-state index in [-0.39, 0.29) is 6.61 Å². The van der Waals surface area contributed by atoms with E-state index in [0.29, 0.717) is 40.7 Å². The van der Waals surface area contributed by atoms with E-state index in [2.05, 4.69) is 0 Å². The van der Waals surface area contributed by atoms with Crippen molar-refractivity contribution in [2.24, 2.45) is 0 Å². The molecule has 0 amide bonds. The number of rotatable bonds is 6. The number of fused-ring (bicyclic) bond motifs is 1. The molecule has 154 valence electrons. The van der Waals surface area contributed by atoms with Crippen LogP contribution in [0.15, 0.2) is 54.6 Å². The third-order valence-corrected chi connectivity index (χ3v) is 6.07. The summed E-state index contributed by atoms with van der Waals surface area (Å²) in [6.07, 6.45) is 1.10. The molecule has 0 radical (unpaired) electrons. The maximum atomic E-state index is 12.9. The summed E-state index contributed by atoms with van der Waals surface area (Å²) < 4.78 is 7.35. The van der Waals surface area contributed by atoms with E-state index >= 15 is 0 Å². The zero-order valence-electron chi connectivity index (χ0n) is 16.0. The van der Waals surface area contributed by atoms with Gasteiger partial charge in [0.25, 0.3) is 0 Å². The standard InChI is InChI=1S/C23H19Cl2NO4/c24-18-8-6-15(10-19(18)25)12-26-20-9-7-16(22(27)28)17(20)11-21(26)23(29)30-13-14-4-2-1-3-5-14/h1-6,8,10-11,16H,7,9,12-13H2,(H,27,28). The first kappa shape index (κ1) is 20.5. The van der Waals surface area contributed by atoms with Crippen LogP contribution in [-0.4, -0.2) is 21.6 Å². The van der Waals surface area contributed by atoms with Crippen molar-refractivity contribution in [1.82, 2.24) is 4.57 Å². The number of aromatic nitrogens is 1. The molecule has 1 N–H and O–H groups in total. The number of aliphatic carboxylic acids is 1. The van der Waals surface area contributed by atoms with Crippen molar-refractivity contribution in [1.29, 1.82) is 0 Å². The lowest BCUT2D eigenvalue weighted by molar-refractivity contribution is -0.138. The maximum Gasteiger partial charge on any atom is 0.355 e. The fraction of sp³-hybridized carbons (Fsp3) is 0.217. The predicted octanol–water partition coefficient (Wildman–Crippen LogP) is 5.31. The molecule has 0 fully saturated rings. The summed E-state index contributed by atoms with van der Waals surface area (Å²) >= 11 is 12.2. The molecule has 3 aromatic rings. The minimum absolute atomic E-state index is 0.144. The molecule has 1 unspecified atom stereocenters. The van der Waals surface area contributed by atoms with Crippen LogP contribution in [0.2, 0.25) is 10.0 Å². The van der Waals surface area contributed by atoms with Crippen molar-refractivity contribution < 1.29 is 19.4 Å². The van der Waals surface area contributed by atoms with Crippen LogP contribution in [0.25, 0.3) is 0 Å². The molecule has 1 atom stereocenters. The minimum atomic E-state index is -0.885. The second kappa shape index (κ2) is 8.54. The van der Waals surface area contributed by atoms with E-state index in [1.165, 1.54) is 0 Å². The van der Waals surface area contributed by atoms with Gasteiger partial charge in [0.15, 0.2) is 0 Å². The highest BCUT2D eigenvalue weighted by Crippen LogP contribution is 2.37. The van der Waals surface area contributed by atoms with E-state index in [0.717, 1.165) is 16.8 Å². The van der Waals surface area contributed by atoms with Crippen molar-refractivity contribution in [3.05, 3.63) is 92.7 Å². The van der Waals surface area contributed by atoms with Gasteiger partial charge in [-0.2, -0.15) is 0 Å². The molecule has 5 nitrogen and oxygen atoms in total. The SMILES string of the molecule is O=C(OCc1ccccc1)c1cc2c(n1Cc1ccc(Cl)c(Cl)c1)CCC2C(=O)O. The Hall–Kier alpha value is -2.76. The van der Waals surface area contributed by atoms with Crippen LogP contribution in [0.5, 0.6) is 0 Å². The predicted molar refractivity (Wildman–Crippen MR) is 114 cm³/mol. The number of nitrogens with zero attached hydrogens (tertiary/aromatic N) is 1. The largest absolute Gasteiger partial charge is 0.481 e. The van der Waals surface area contributed by atoms with Crippen molar-refractivity contribution >= 4 is 35.1 Å². The van der Waals surface area contributed by atoms with Crippen molar-refractivity contribution in [3.63, 3.8) is 0 Å². The fourth-order valence-electron chi connectivity index (χ4n) is 3.85. The van der Waals surface area contributed by atoms with Crippen LogP contribution in [0.1, 0.15) is 45.2 Å². The molecule has 7 heteroatoms. The Bertz CT molecular complexity index is 1110. The molecule has 1 heterocycles. The first-order chi connectivity index (χ1) is 14.4. The van der Waals surface area contributed by atoms with Crippen molar-refractivity contribution in [3.8, 4) is 0 Å². The number of carboxylic acids is 1. The van der Waals surface area contributed by atoms with Gasteiger partial charge < -0.3 is 14.4 Å². The fourth-order valence-corrected chi connectivity index (χ4v) is 4.17. The van der Waals surface area contributed by atoms with Crippen molar-refractivity contribution in [2.75, 3.05) is 0 Å². The van der Waals surface area contributed by atoms with Gasteiger partial charge in [-0.3, -0.25) is 4.79 Å². The van der Waals surface area contributed by atoms with Gasteiger partial charge in [0.1, 0.15) is 12.3 Å². The summed E-state index contributed by atoms with van der Waals surface area (Å²) in [7, 11) is 0. The van der Waals surface area contributed by atoms with Crippen molar-refractivity contribution in [2.45, 2.75) is 31.9 Å². The number of carbonyl (C=O) groups excluding carboxylic acids is 1. The van der Waals surface area contributed by atoms with Crippen LogP contribution < -0.4 is 0 Å². The Morgan fingerprint density at radius 3 is 2.50 bits per heavy atom. The van der Waals surface area contributed by atoms with Crippen LogP contribution in [0.3, 0.4) is 0 Å². The molecule has 4 rings (SSSR count). The average molecular weight is 444 g/mol. The smallest absolute Gasteiger partial charge is 0.355 e. The molecule has 0 saturated heterocycles. The van der Waals surface area contributed by atoms with Crippen LogP contribution >= 0.6 is 23.2 Å². The first-order valence-electron chi connectivity index (χ1n) is 9.54. The summed E-state index contributed by atoms with van der Waals surface area (Å²) in [5.41, 5.74) is 3.60. The van der Waals surface area contributed by atoms with Crippen LogP contribution in [0, 0.1) is 0 Å². The first-order valence-corrected chi connectivity index (χ1v) is 10.3. The number of halogens is 2. The number of benzene rings is 2. The van der Waals surface area contributed by atoms with E-state index in [4.69, 9.17) is 27.9 Å². The monoisotopic (exact) mass is 443 g/mol. The average Bonchev–Trinajstić information content (AvgIpc) is 3.30. The molecule has 2 aromatic carbocycles. The Morgan fingerprint density at radius 1 is 1.03 bits per heavy atom. The number of hydrogen-bond acceptors (Lipinski definition) is 3. The second-order valence-electron chi connectivity index (χ2n) is 7.26. The van der Waals surface area contributed by atoms with Gasteiger partial charge in [0.2, 0.25) is 0 Å². The summed E-state index contributed by atoms with van der Waals surface area (Å²) in [6, 6.07) is 16.4. The Balaban J connectivity index is 1.66. The number of carbonyl (C=O) groups is 2. The highest BCUT2D eigenvalue weighted by molar-refractivity contribution is 6.42. The van der Waals surface area contributed by atoms with Crippen LogP contribution in [-0.2, 0) is 29.1 Å². The molecular weight excluding hydrogens is 425 g/mol. The van der Waals surface area contributed by atoms with E-state index in [1.54, 1.807) is 18.2 Å². The number of hydrogen-bond donors (Lipinski definition) is 1. The third-order valence-electron chi connectivity index (χ3n) is 5.33. The molecule has 30 heavy (non-hydrogen) atoms. The zero-order chi connectivity index (χ0) is 21.3. The summed E-state index contributed by atoms with van der Waals surface area (Å²) in [6.45, 7) is 0.513. The number of esters is 1. The molecule has 0 saturated carbocycles. The minimum Gasteiger partial charge on any atom is -0.481 e. The van der Waals surface area contributed by atoms with E-state index in [1.807, 2.05) is 41.0 Å². The quantitative estimate of drug-likeness (QED) is 0.523. The highest BCUT2D eigenvalue weighted by Gasteiger charge is 2.34. The molecule has 1 aliphatic carbocycles. The lowest BCUT2D eigenvalue weighted by Gasteiger charge is -2.13. The van der Waals surface area contributed by atoms with Gasteiger partial charge in [-0.15, -0.1) is 0 Å². The maximum absolute atomic E-state index is 12.9. The summed E-state index contributed by atoms with van der Waals surface area (Å²) in [4.78, 5) is 24.5. The van der Waals surface area contributed by atoms with Gasteiger partial charge in [-0.25, -0.2) is 4.79 Å². The van der Waals surface area contributed by atoms with Crippen LogP contribution in [0.4, 0.5) is 0 Å². The molecule has 1 aliphatic rings. The zero-order valence-corrected chi connectivity index (χ0v) is 17.5. The number of carboxylic acid groups (broad SMARTS) is 1. The Morgan fingerprint density at radius 2 is 1.80 bits per heavy atom. The van der Waals surface area contributed by atoms with E-state index < -0.39 is 17.9 Å². The third kappa shape index (κ3) is 4.09. The molecule has 0 aliphatic heterocycles. The normalized spacial score (nSPS) is 15.1. The Labute approximate surface area is 183 Å². The summed E-state index contributed by atoms with van der Waals surface area (Å²) in [5, 5.41) is 10.4. The lowest BCUT2D eigenvalue weighted by atomic mass is 10.0. The van der Waals surface area contributed by atoms with Gasteiger partial charge >= 0.3 is 11.9 Å². The van der Waals surface area contributed by atoms with E-state index in [9.17, 15) is 14.7 Å². The van der Waals surface area contributed by atoms with Gasteiger partial charge in [0.05, 0.1) is 16.0 Å².